The zero-order valence-corrected chi connectivity index (χ0v) is 21.1. The highest BCUT2D eigenvalue weighted by Crippen LogP contribution is 2.52. The molecule has 5 nitrogen and oxygen atoms in total. The van der Waals surface area contributed by atoms with Crippen LogP contribution in [0.4, 0.5) is 0 Å². The summed E-state index contributed by atoms with van der Waals surface area (Å²) in [4.78, 5) is 28.0. The number of piperidine rings is 1. The van der Waals surface area contributed by atoms with Gasteiger partial charge in [0.2, 0.25) is 5.91 Å². The first-order valence-corrected chi connectivity index (χ1v) is 12.7. The molecule has 0 bridgehead atoms. The molecule has 0 aliphatic carbocycles. The number of rotatable bonds is 7. The average molecular weight is 504 g/mol. The molecule has 34 heavy (non-hydrogen) atoms. The van der Waals surface area contributed by atoms with E-state index in [2.05, 4.69) is 6.92 Å². The summed E-state index contributed by atoms with van der Waals surface area (Å²) in [5.74, 6) is -1.25. The third-order valence-corrected chi connectivity index (χ3v) is 7.79. The summed E-state index contributed by atoms with van der Waals surface area (Å²) in [6.07, 6.45) is 2.66. The van der Waals surface area contributed by atoms with E-state index in [1.807, 2.05) is 53.4 Å². The first kappa shape index (κ1) is 25.0. The van der Waals surface area contributed by atoms with Crippen LogP contribution in [-0.2, 0) is 14.3 Å². The average Bonchev–Trinajstić information content (AvgIpc) is 3.32. The Morgan fingerprint density at radius 1 is 1.18 bits per heavy atom. The molecule has 7 heteroatoms. The van der Waals surface area contributed by atoms with Crippen molar-refractivity contribution in [3.05, 3.63) is 69.7 Å². The molecule has 1 N–H and O–H groups in total. The van der Waals surface area contributed by atoms with Gasteiger partial charge in [0.25, 0.3) is 0 Å². The van der Waals surface area contributed by atoms with Crippen LogP contribution in [0.25, 0.3) is 0 Å². The SMILES string of the molecule is CC[C@@H](C1CCCO1)N1C(=O)[C@@](C)(CC(=O)O)C[C@H](c2cccc(Cl)c2)[C@H]1c1ccc(Cl)cc1. The van der Waals surface area contributed by atoms with E-state index in [1.54, 1.807) is 6.92 Å². The number of carbonyl (C=O) groups is 2. The van der Waals surface area contributed by atoms with E-state index in [0.717, 1.165) is 24.0 Å². The molecule has 0 saturated carbocycles. The largest absolute Gasteiger partial charge is 0.481 e. The molecular formula is C27H31Cl2NO4. The number of carbonyl (C=O) groups excluding carboxylic acids is 1. The molecule has 2 aromatic rings. The molecule has 182 valence electrons. The number of hydrogen-bond donors (Lipinski definition) is 1. The first-order valence-electron chi connectivity index (χ1n) is 11.9. The maximum Gasteiger partial charge on any atom is 0.304 e. The zero-order valence-electron chi connectivity index (χ0n) is 19.5. The van der Waals surface area contributed by atoms with Crippen molar-refractivity contribution in [2.24, 2.45) is 5.41 Å². The molecule has 1 unspecified atom stereocenters. The van der Waals surface area contributed by atoms with Crippen molar-refractivity contribution < 1.29 is 19.4 Å². The summed E-state index contributed by atoms with van der Waals surface area (Å²) in [5.41, 5.74) is 0.911. The van der Waals surface area contributed by atoms with Gasteiger partial charge in [0.15, 0.2) is 0 Å². The van der Waals surface area contributed by atoms with Gasteiger partial charge in [-0.1, -0.05) is 61.3 Å². The van der Waals surface area contributed by atoms with Gasteiger partial charge in [0, 0.05) is 22.6 Å². The molecule has 2 aliphatic heterocycles. The van der Waals surface area contributed by atoms with E-state index in [0.29, 0.717) is 29.5 Å². The third kappa shape index (κ3) is 4.98. The van der Waals surface area contributed by atoms with Crippen LogP contribution in [0, 0.1) is 5.41 Å². The molecule has 2 fully saturated rings. The molecule has 0 aromatic heterocycles. The molecule has 0 spiro atoms. The van der Waals surface area contributed by atoms with Gasteiger partial charge in [-0.2, -0.15) is 0 Å². The fraction of sp³-hybridized carbons (Fsp3) is 0.481. The monoisotopic (exact) mass is 503 g/mol. The number of ether oxygens (including phenoxy) is 1. The van der Waals surface area contributed by atoms with Crippen molar-refractivity contribution in [2.75, 3.05) is 6.61 Å². The predicted molar refractivity (Wildman–Crippen MR) is 133 cm³/mol. The second-order valence-electron chi connectivity index (χ2n) is 9.73. The van der Waals surface area contributed by atoms with E-state index in [1.165, 1.54) is 0 Å². The Morgan fingerprint density at radius 2 is 1.91 bits per heavy atom. The molecule has 2 saturated heterocycles. The number of hydrogen-bond acceptors (Lipinski definition) is 3. The van der Waals surface area contributed by atoms with Crippen LogP contribution in [0.1, 0.15) is 69.0 Å². The molecule has 1 amide bonds. The van der Waals surface area contributed by atoms with E-state index >= 15 is 0 Å². The lowest BCUT2D eigenvalue weighted by Crippen LogP contribution is -2.58. The Balaban J connectivity index is 1.90. The number of carboxylic acid groups (broad SMARTS) is 1. The molecule has 2 heterocycles. The van der Waals surface area contributed by atoms with E-state index in [9.17, 15) is 14.7 Å². The summed E-state index contributed by atoms with van der Waals surface area (Å²) in [7, 11) is 0. The lowest BCUT2D eigenvalue weighted by atomic mass is 9.66. The van der Waals surface area contributed by atoms with E-state index in [4.69, 9.17) is 27.9 Å². The first-order chi connectivity index (χ1) is 16.2. The highest BCUT2D eigenvalue weighted by atomic mass is 35.5. The summed E-state index contributed by atoms with van der Waals surface area (Å²) >= 11 is 12.6. The van der Waals surface area contributed by atoms with Crippen LogP contribution in [0.2, 0.25) is 10.0 Å². The minimum absolute atomic E-state index is 0.0732. The van der Waals surface area contributed by atoms with Crippen LogP contribution < -0.4 is 0 Å². The standard InChI is InChI=1S/C27H31Cl2NO4/c1-3-22(23-8-5-13-34-23)30-25(17-9-11-19(28)12-10-17)21(18-6-4-7-20(29)14-18)15-27(2,26(30)33)16-24(31)32/h4,6-7,9-12,14,21-23,25H,3,5,8,13,15-16H2,1-2H3,(H,31,32)/t21-,22+,23?,25-,27-/m1/s1. The maximum absolute atomic E-state index is 14.2. The fourth-order valence-electron chi connectivity index (χ4n) is 5.79. The highest BCUT2D eigenvalue weighted by Gasteiger charge is 2.53. The quantitative estimate of drug-likeness (QED) is 0.468. The van der Waals surface area contributed by atoms with Gasteiger partial charge < -0.3 is 14.7 Å². The smallest absolute Gasteiger partial charge is 0.304 e. The van der Waals surface area contributed by atoms with Gasteiger partial charge in [-0.25, -0.2) is 0 Å². The Kier molecular flexibility index (Phi) is 7.56. The molecular weight excluding hydrogens is 473 g/mol. The van der Waals surface area contributed by atoms with Crippen LogP contribution >= 0.6 is 23.2 Å². The Labute approximate surface area is 211 Å². The van der Waals surface area contributed by atoms with Gasteiger partial charge in [-0.05, 0) is 61.1 Å². The number of likely N-dealkylation sites (tertiary alicyclic amines) is 1. The van der Waals surface area contributed by atoms with Crippen molar-refractivity contribution in [2.45, 2.75) is 70.1 Å². The summed E-state index contributed by atoms with van der Waals surface area (Å²) in [6, 6.07) is 14.8. The summed E-state index contributed by atoms with van der Waals surface area (Å²) in [5, 5.41) is 11.0. The normalized spacial score (nSPS) is 28.2. The predicted octanol–water partition coefficient (Wildman–Crippen LogP) is 6.49. The van der Waals surface area contributed by atoms with E-state index in [-0.39, 0.29) is 36.4 Å². The molecule has 2 aromatic carbocycles. The maximum atomic E-state index is 14.2. The van der Waals surface area contributed by atoms with Crippen molar-refractivity contribution in [3.63, 3.8) is 0 Å². The molecule has 0 radical (unpaired) electrons. The van der Waals surface area contributed by atoms with E-state index < -0.39 is 11.4 Å². The van der Waals surface area contributed by atoms with Gasteiger partial charge in [-0.3, -0.25) is 9.59 Å². The van der Waals surface area contributed by atoms with Crippen molar-refractivity contribution in [3.8, 4) is 0 Å². The van der Waals surface area contributed by atoms with Crippen LogP contribution in [0.5, 0.6) is 0 Å². The molecule has 4 rings (SSSR count). The summed E-state index contributed by atoms with van der Waals surface area (Å²) < 4.78 is 6.07. The number of aliphatic carboxylic acids is 1. The number of carboxylic acids is 1. The van der Waals surface area contributed by atoms with Gasteiger partial charge in [-0.15, -0.1) is 0 Å². The lowest BCUT2D eigenvalue weighted by molar-refractivity contribution is -0.164. The minimum atomic E-state index is -1.05. The topological polar surface area (TPSA) is 66.8 Å². The van der Waals surface area contributed by atoms with Crippen molar-refractivity contribution in [1.29, 1.82) is 0 Å². The van der Waals surface area contributed by atoms with Gasteiger partial charge >= 0.3 is 5.97 Å². The highest BCUT2D eigenvalue weighted by molar-refractivity contribution is 6.30. The zero-order chi connectivity index (χ0) is 24.5. The second kappa shape index (κ2) is 10.3. The fourth-order valence-corrected chi connectivity index (χ4v) is 6.11. The molecule has 2 aliphatic rings. The van der Waals surface area contributed by atoms with Crippen molar-refractivity contribution in [1.82, 2.24) is 4.90 Å². The van der Waals surface area contributed by atoms with Gasteiger partial charge in [0.1, 0.15) is 0 Å². The van der Waals surface area contributed by atoms with Crippen LogP contribution in [0.15, 0.2) is 48.5 Å². The number of halogens is 2. The third-order valence-electron chi connectivity index (χ3n) is 7.30. The second-order valence-corrected chi connectivity index (χ2v) is 10.6. The number of amides is 1. The Hall–Kier alpha value is -2.08. The number of nitrogens with zero attached hydrogens (tertiary/aromatic N) is 1. The lowest BCUT2D eigenvalue weighted by Gasteiger charge is -2.52. The minimum Gasteiger partial charge on any atom is -0.481 e. The summed E-state index contributed by atoms with van der Waals surface area (Å²) in [6.45, 7) is 4.53. The Bertz CT molecular complexity index is 1040. The number of benzene rings is 2. The van der Waals surface area contributed by atoms with Crippen LogP contribution in [0.3, 0.4) is 0 Å². The van der Waals surface area contributed by atoms with Crippen LogP contribution in [-0.4, -0.2) is 40.6 Å². The molecule has 5 atom stereocenters. The van der Waals surface area contributed by atoms with Gasteiger partial charge in [0.05, 0.1) is 30.0 Å². The van der Waals surface area contributed by atoms with Crippen molar-refractivity contribution >= 4 is 35.1 Å². The Morgan fingerprint density at radius 3 is 2.50 bits per heavy atom.